The molecule has 0 atom stereocenters. The highest BCUT2D eigenvalue weighted by atomic mass is 19.1. The van der Waals surface area contributed by atoms with E-state index in [0.29, 0.717) is 56.5 Å². The van der Waals surface area contributed by atoms with Gasteiger partial charge in [-0.1, -0.05) is 12.1 Å². The first-order chi connectivity index (χ1) is 12.7. The fraction of sp³-hybridized carbons (Fsp3) is 0.368. The van der Waals surface area contributed by atoms with Crippen LogP contribution in [0.3, 0.4) is 0 Å². The molecule has 0 radical (unpaired) electrons. The zero-order valence-corrected chi connectivity index (χ0v) is 14.7. The quantitative estimate of drug-likeness (QED) is 0.740. The zero-order valence-electron chi connectivity index (χ0n) is 14.7. The Morgan fingerprint density at radius 1 is 1.15 bits per heavy atom. The minimum absolute atomic E-state index is 0.0721. The number of hydrogen-bond donors (Lipinski definition) is 0. The molecule has 6 nitrogen and oxygen atoms in total. The van der Waals surface area contributed by atoms with Gasteiger partial charge in [0.05, 0.1) is 12.3 Å². The molecule has 1 amide bonds. The number of ether oxygens (including phenoxy) is 2. The van der Waals surface area contributed by atoms with E-state index < -0.39 is 0 Å². The van der Waals surface area contributed by atoms with Crippen LogP contribution in [-0.2, 0) is 4.74 Å². The van der Waals surface area contributed by atoms with Crippen molar-refractivity contribution in [3.05, 3.63) is 54.0 Å². The van der Waals surface area contributed by atoms with E-state index in [9.17, 15) is 9.18 Å². The lowest BCUT2D eigenvalue weighted by molar-refractivity contribution is 0.0745. The van der Waals surface area contributed by atoms with Gasteiger partial charge in [0.2, 0.25) is 5.88 Å². The van der Waals surface area contributed by atoms with E-state index >= 15 is 0 Å². The average Bonchev–Trinajstić information content (AvgIpc) is 2.68. The minimum atomic E-state index is -0.237. The van der Waals surface area contributed by atoms with E-state index in [4.69, 9.17) is 9.47 Å². The predicted octanol–water partition coefficient (Wildman–Crippen LogP) is 2.21. The molecule has 1 fully saturated rings. The van der Waals surface area contributed by atoms with Crippen molar-refractivity contribution in [2.24, 2.45) is 0 Å². The minimum Gasteiger partial charge on any atom is -0.475 e. The van der Waals surface area contributed by atoms with E-state index in [2.05, 4.69) is 4.98 Å². The van der Waals surface area contributed by atoms with E-state index in [1.54, 1.807) is 42.5 Å². The second-order valence-corrected chi connectivity index (χ2v) is 5.95. The molecule has 0 spiro atoms. The van der Waals surface area contributed by atoms with Crippen molar-refractivity contribution in [2.75, 3.05) is 51.4 Å². The zero-order chi connectivity index (χ0) is 18.4. The first-order valence-corrected chi connectivity index (χ1v) is 8.55. The number of anilines is 1. The summed E-state index contributed by atoms with van der Waals surface area (Å²) in [7, 11) is 1.59. The number of pyridine rings is 1. The summed E-state index contributed by atoms with van der Waals surface area (Å²) in [5.41, 5.74) is 1.11. The lowest BCUT2D eigenvalue weighted by atomic mass is 10.2. The maximum Gasteiger partial charge on any atom is 0.254 e. The molecule has 0 aliphatic carbocycles. The van der Waals surface area contributed by atoms with Crippen LogP contribution in [0.25, 0.3) is 0 Å². The van der Waals surface area contributed by atoms with Gasteiger partial charge in [0.25, 0.3) is 5.91 Å². The van der Waals surface area contributed by atoms with Crippen LogP contribution in [0.1, 0.15) is 10.4 Å². The maximum atomic E-state index is 13.9. The summed E-state index contributed by atoms with van der Waals surface area (Å²) in [5, 5.41) is 0. The Balaban J connectivity index is 1.60. The molecule has 138 valence electrons. The van der Waals surface area contributed by atoms with Crippen molar-refractivity contribution >= 4 is 11.6 Å². The largest absolute Gasteiger partial charge is 0.475 e. The van der Waals surface area contributed by atoms with Gasteiger partial charge in [0.1, 0.15) is 12.4 Å². The smallest absolute Gasteiger partial charge is 0.254 e. The van der Waals surface area contributed by atoms with E-state index in [1.165, 1.54) is 6.07 Å². The van der Waals surface area contributed by atoms with Crippen LogP contribution in [0.5, 0.6) is 5.88 Å². The van der Waals surface area contributed by atoms with E-state index in [-0.39, 0.29) is 11.7 Å². The monoisotopic (exact) mass is 359 g/mol. The van der Waals surface area contributed by atoms with Crippen LogP contribution < -0.4 is 9.64 Å². The van der Waals surface area contributed by atoms with Crippen molar-refractivity contribution in [3.8, 4) is 5.88 Å². The second-order valence-electron chi connectivity index (χ2n) is 5.95. The fourth-order valence-electron chi connectivity index (χ4n) is 2.89. The number of amides is 1. The molecule has 26 heavy (non-hydrogen) atoms. The van der Waals surface area contributed by atoms with Gasteiger partial charge in [-0.15, -0.1) is 0 Å². The van der Waals surface area contributed by atoms with Crippen molar-refractivity contribution in [1.82, 2.24) is 9.88 Å². The number of aromatic nitrogens is 1. The molecule has 1 aromatic heterocycles. The average molecular weight is 359 g/mol. The second kappa shape index (κ2) is 8.62. The van der Waals surface area contributed by atoms with Gasteiger partial charge in [-0.05, 0) is 18.2 Å². The number of rotatable bonds is 6. The maximum absolute atomic E-state index is 13.9. The Morgan fingerprint density at radius 3 is 2.65 bits per heavy atom. The van der Waals surface area contributed by atoms with Crippen LogP contribution in [0, 0.1) is 5.82 Å². The standard InChI is InChI=1S/C19H22FN3O3/c1-25-12-13-26-18-14-15(6-7-21-18)19(24)23-10-8-22(9-11-23)17-5-3-2-4-16(17)20/h2-7,14H,8-13H2,1H3. The fourth-order valence-corrected chi connectivity index (χ4v) is 2.89. The van der Waals surface area contributed by atoms with E-state index in [0.717, 1.165) is 0 Å². The Labute approximate surface area is 152 Å². The number of carbonyl (C=O) groups is 1. The molecule has 0 unspecified atom stereocenters. The van der Waals surface area contributed by atoms with Crippen LogP contribution in [0.4, 0.5) is 10.1 Å². The molecule has 0 bridgehead atoms. The summed E-state index contributed by atoms with van der Waals surface area (Å²) in [5.74, 6) is 0.0920. The number of piperazine rings is 1. The number of benzene rings is 1. The normalized spacial score (nSPS) is 14.4. The highest BCUT2D eigenvalue weighted by Gasteiger charge is 2.23. The number of halogens is 1. The summed E-state index contributed by atoms with van der Waals surface area (Å²) >= 11 is 0. The van der Waals surface area contributed by atoms with Gasteiger partial charge in [-0.2, -0.15) is 0 Å². The number of hydrogen-bond acceptors (Lipinski definition) is 5. The van der Waals surface area contributed by atoms with Crippen molar-refractivity contribution in [2.45, 2.75) is 0 Å². The van der Waals surface area contributed by atoms with Gasteiger partial charge in [0.15, 0.2) is 0 Å². The number of carbonyl (C=O) groups excluding carboxylic acids is 1. The van der Waals surface area contributed by atoms with Gasteiger partial charge in [0, 0.05) is 51.1 Å². The molecular weight excluding hydrogens is 337 g/mol. The molecule has 0 saturated carbocycles. The van der Waals surface area contributed by atoms with Crippen LogP contribution in [0.15, 0.2) is 42.6 Å². The molecule has 1 aliphatic heterocycles. The van der Waals surface area contributed by atoms with Gasteiger partial charge in [-0.25, -0.2) is 9.37 Å². The number of methoxy groups -OCH3 is 1. The molecule has 1 aliphatic rings. The first kappa shape index (κ1) is 18.1. The SMILES string of the molecule is COCCOc1cc(C(=O)N2CCN(c3ccccc3F)CC2)ccn1. The summed E-state index contributed by atoms with van der Waals surface area (Å²) in [6, 6.07) is 10.0. The molecule has 1 saturated heterocycles. The molecular formula is C19H22FN3O3. The first-order valence-electron chi connectivity index (χ1n) is 8.55. The highest BCUT2D eigenvalue weighted by Crippen LogP contribution is 2.21. The van der Waals surface area contributed by atoms with Gasteiger partial charge in [-0.3, -0.25) is 4.79 Å². The molecule has 7 heteroatoms. The molecule has 1 aromatic carbocycles. The summed E-state index contributed by atoms with van der Waals surface area (Å²) in [6.45, 7) is 3.09. The third-order valence-corrected chi connectivity index (χ3v) is 4.28. The Kier molecular flexibility index (Phi) is 6.01. The summed E-state index contributed by atoms with van der Waals surface area (Å²) in [6.07, 6.45) is 1.56. The number of nitrogens with zero attached hydrogens (tertiary/aromatic N) is 3. The summed E-state index contributed by atoms with van der Waals surface area (Å²) in [4.78, 5) is 20.6. The Hall–Kier alpha value is -2.67. The number of para-hydroxylation sites is 1. The molecule has 2 aromatic rings. The topological polar surface area (TPSA) is 54.9 Å². The molecule has 3 rings (SSSR count). The van der Waals surface area contributed by atoms with Crippen LogP contribution in [0.2, 0.25) is 0 Å². The Morgan fingerprint density at radius 2 is 1.92 bits per heavy atom. The molecule has 2 heterocycles. The van der Waals surface area contributed by atoms with Crippen molar-refractivity contribution in [1.29, 1.82) is 0 Å². The van der Waals surface area contributed by atoms with Gasteiger partial charge < -0.3 is 19.3 Å². The van der Waals surface area contributed by atoms with Gasteiger partial charge >= 0.3 is 0 Å². The highest BCUT2D eigenvalue weighted by molar-refractivity contribution is 5.94. The Bertz CT molecular complexity index is 748. The molecule has 0 N–H and O–H groups in total. The lowest BCUT2D eigenvalue weighted by Crippen LogP contribution is -2.49. The van der Waals surface area contributed by atoms with Crippen molar-refractivity contribution < 1.29 is 18.7 Å². The summed E-state index contributed by atoms with van der Waals surface area (Å²) < 4.78 is 24.3. The third kappa shape index (κ3) is 4.29. The predicted molar refractivity (Wildman–Crippen MR) is 96.1 cm³/mol. The lowest BCUT2D eigenvalue weighted by Gasteiger charge is -2.36. The van der Waals surface area contributed by atoms with Crippen LogP contribution >= 0.6 is 0 Å². The van der Waals surface area contributed by atoms with Crippen LogP contribution in [-0.4, -0.2) is 62.3 Å². The van der Waals surface area contributed by atoms with E-state index in [1.807, 2.05) is 11.0 Å². The third-order valence-electron chi connectivity index (χ3n) is 4.28. The van der Waals surface area contributed by atoms with Crippen molar-refractivity contribution in [3.63, 3.8) is 0 Å².